The van der Waals surface area contributed by atoms with Crippen molar-refractivity contribution in [1.29, 1.82) is 0 Å². The van der Waals surface area contributed by atoms with E-state index in [1.165, 1.54) is 22.3 Å². The second-order valence-electron chi connectivity index (χ2n) is 7.38. The molecule has 0 unspecified atom stereocenters. The van der Waals surface area contributed by atoms with Gasteiger partial charge < -0.3 is 4.42 Å². The Morgan fingerprint density at radius 1 is 1.03 bits per heavy atom. The molecule has 6 rings (SSSR count). The molecule has 2 aromatic heterocycles. The maximum absolute atomic E-state index is 14.9. The number of rotatable bonds is 2. The van der Waals surface area contributed by atoms with Crippen molar-refractivity contribution in [3.63, 3.8) is 0 Å². The van der Waals surface area contributed by atoms with E-state index in [0.717, 1.165) is 4.70 Å². The molecule has 5 aromatic rings. The monoisotopic (exact) mass is 462 g/mol. The third kappa shape index (κ3) is 2.71. The van der Waals surface area contributed by atoms with Crippen LogP contribution in [0, 0.1) is 5.82 Å². The van der Waals surface area contributed by atoms with E-state index >= 15 is 0 Å². The predicted octanol–water partition coefficient (Wildman–Crippen LogP) is 5.95. The molecule has 5 nitrogen and oxygen atoms in total. The summed E-state index contributed by atoms with van der Waals surface area (Å²) >= 11 is 7.35. The molecule has 0 N–H and O–H groups in total. The lowest BCUT2D eigenvalue weighted by Gasteiger charge is -2.22. The fourth-order valence-electron chi connectivity index (χ4n) is 4.10. The van der Waals surface area contributed by atoms with Crippen molar-refractivity contribution in [1.82, 2.24) is 4.98 Å². The average Bonchev–Trinajstić information content (AvgIpc) is 3.32. The number of para-hydroxylation sites is 1. The van der Waals surface area contributed by atoms with E-state index < -0.39 is 17.8 Å². The second kappa shape index (κ2) is 6.98. The number of hydrogen-bond acceptors (Lipinski definition) is 5. The molecule has 8 heteroatoms. The Morgan fingerprint density at radius 2 is 1.81 bits per heavy atom. The minimum Gasteiger partial charge on any atom is -0.450 e. The minimum atomic E-state index is -1.00. The maximum atomic E-state index is 14.9. The Hall–Kier alpha value is -3.55. The van der Waals surface area contributed by atoms with Crippen LogP contribution in [0.4, 0.5) is 9.52 Å². The summed E-state index contributed by atoms with van der Waals surface area (Å²) in [6, 6.07) is 17.0. The van der Waals surface area contributed by atoms with Crippen LogP contribution >= 0.6 is 22.9 Å². The van der Waals surface area contributed by atoms with Crippen LogP contribution in [-0.4, -0.2) is 10.9 Å². The lowest BCUT2D eigenvalue weighted by Crippen LogP contribution is -2.30. The molecule has 156 valence electrons. The zero-order valence-electron chi connectivity index (χ0n) is 16.2. The summed E-state index contributed by atoms with van der Waals surface area (Å²) < 4.78 is 21.6. The number of thiazole rings is 1. The number of aromatic nitrogens is 1. The van der Waals surface area contributed by atoms with Crippen molar-refractivity contribution in [2.75, 3.05) is 4.90 Å². The van der Waals surface area contributed by atoms with Gasteiger partial charge in [-0.3, -0.25) is 14.5 Å². The van der Waals surface area contributed by atoms with Crippen LogP contribution in [-0.2, 0) is 0 Å². The minimum absolute atomic E-state index is 0.0979. The Bertz CT molecular complexity index is 1630. The molecular weight excluding hydrogens is 451 g/mol. The molecule has 0 saturated carbocycles. The van der Waals surface area contributed by atoms with Crippen LogP contribution in [0.5, 0.6) is 0 Å². The number of hydrogen-bond donors (Lipinski definition) is 0. The van der Waals surface area contributed by atoms with Gasteiger partial charge in [0.15, 0.2) is 10.6 Å². The number of halogens is 2. The van der Waals surface area contributed by atoms with Crippen molar-refractivity contribution in [2.24, 2.45) is 0 Å². The first-order valence-corrected chi connectivity index (χ1v) is 10.9. The van der Waals surface area contributed by atoms with Crippen LogP contribution in [0.25, 0.3) is 21.2 Å². The van der Waals surface area contributed by atoms with Crippen molar-refractivity contribution in [2.45, 2.75) is 6.04 Å². The van der Waals surface area contributed by atoms with Crippen molar-refractivity contribution in [3.05, 3.63) is 105 Å². The zero-order valence-corrected chi connectivity index (χ0v) is 17.8. The standard InChI is InChI=1S/C24H12ClFN2O3S/c25-12-9-10-16-18(11-12)32-24(27-16)28-20(13-5-1-3-7-15(13)26)19-21(29)14-6-2-4-8-17(14)31-22(19)23(28)30/h1-11,20H/t20-/m0/s1. The summed E-state index contributed by atoms with van der Waals surface area (Å²) in [4.78, 5) is 32.9. The number of amides is 1. The summed E-state index contributed by atoms with van der Waals surface area (Å²) in [7, 11) is 0. The molecule has 0 saturated heterocycles. The van der Waals surface area contributed by atoms with Gasteiger partial charge in [-0.05, 0) is 36.4 Å². The smallest absolute Gasteiger partial charge is 0.297 e. The van der Waals surface area contributed by atoms with Crippen molar-refractivity contribution in [3.8, 4) is 0 Å². The van der Waals surface area contributed by atoms with Gasteiger partial charge in [0.05, 0.1) is 21.2 Å². The summed E-state index contributed by atoms with van der Waals surface area (Å²) in [6.45, 7) is 0. The van der Waals surface area contributed by atoms with E-state index in [2.05, 4.69) is 4.98 Å². The Balaban J connectivity index is 1.66. The third-order valence-electron chi connectivity index (χ3n) is 5.52. The number of nitrogens with zero attached hydrogens (tertiary/aromatic N) is 2. The summed E-state index contributed by atoms with van der Waals surface area (Å²) in [5.74, 6) is -1.17. The first-order chi connectivity index (χ1) is 15.5. The highest BCUT2D eigenvalue weighted by atomic mass is 35.5. The molecule has 3 heterocycles. The Labute approximate surface area is 189 Å². The van der Waals surface area contributed by atoms with Crippen molar-refractivity contribution < 1.29 is 13.6 Å². The highest BCUT2D eigenvalue weighted by Gasteiger charge is 2.45. The van der Waals surface area contributed by atoms with Crippen LogP contribution in [0.1, 0.15) is 27.7 Å². The molecule has 1 aliphatic heterocycles. The first kappa shape index (κ1) is 19.2. The molecular formula is C24H12ClFN2O3S. The maximum Gasteiger partial charge on any atom is 0.297 e. The highest BCUT2D eigenvalue weighted by Crippen LogP contribution is 2.44. The van der Waals surface area contributed by atoms with Crippen LogP contribution in [0.3, 0.4) is 0 Å². The van der Waals surface area contributed by atoms with E-state index in [9.17, 15) is 14.0 Å². The highest BCUT2D eigenvalue weighted by molar-refractivity contribution is 7.22. The van der Waals surface area contributed by atoms with Gasteiger partial charge in [-0.15, -0.1) is 0 Å². The topological polar surface area (TPSA) is 63.4 Å². The number of anilines is 1. The molecule has 0 aliphatic carbocycles. The fraction of sp³-hybridized carbons (Fsp3) is 0.0417. The van der Waals surface area contributed by atoms with Gasteiger partial charge in [-0.2, -0.15) is 0 Å². The van der Waals surface area contributed by atoms with Crippen LogP contribution in [0.15, 0.2) is 75.9 Å². The van der Waals surface area contributed by atoms with Gasteiger partial charge in [-0.1, -0.05) is 53.3 Å². The van der Waals surface area contributed by atoms with Crippen LogP contribution < -0.4 is 10.3 Å². The summed E-state index contributed by atoms with van der Waals surface area (Å²) in [6.07, 6.45) is 0. The number of carbonyl (C=O) groups is 1. The average molecular weight is 463 g/mol. The van der Waals surface area contributed by atoms with E-state index in [4.69, 9.17) is 16.0 Å². The molecule has 1 atom stereocenters. The Kier molecular flexibility index (Phi) is 4.18. The van der Waals surface area contributed by atoms with E-state index in [1.54, 1.807) is 60.7 Å². The molecule has 3 aromatic carbocycles. The van der Waals surface area contributed by atoms with Gasteiger partial charge in [0.2, 0.25) is 5.76 Å². The third-order valence-corrected chi connectivity index (χ3v) is 6.78. The quantitative estimate of drug-likeness (QED) is 0.325. The predicted molar refractivity (Wildman–Crippen MR) is 122 cm³/mol. The first-order valence-electron chi connectivity index (χ1n) is 9.73. The number of carbonyl (C=O) groups excluding carboxylic acids is 1. The van der Waals surface area contributed by atoms with E-state index in [-0.39, 0.29) is 22.3 Å². The number of benzene rings is 3. The molecule has 0 fully saturated rings. The SMILES string of the molecule is O=C1c2oc3ccccc3c(=O)c2[C@H](c2ccccc2F)N1c1nc2ccc(Cl)cc2s1. The van der Waals surface area contributed by atoms with Gasteiger partial charge >= 0.3 is 0 Å². The normalized spacial score (nSPS) is 15.6. The second-order valence-corrected chi connectivity index (χ2v) is 8.82. The van der Waals surface area contributed by atoms with E-state index in [0.29, 0.717) is 26.6 Å². The molecule has 0 spiro atoms. The summed E-state index contributed by atoms with van der Waals surface area (Å²) in [5.41, 5.74) is 0.885. The van der Waals surface area contributed by atoms with Crippen molar-refractivity contribution >= 4 is 55.2 Å². The van der Waals surface area contributed by atoms with Gasteiger partial charge in [-0.25, -0.2) is 9.37 Å². The molecule has 0 radical (unpaired) electrons. The lowest BCUT2D eigenvalue weighted by molar-refractivity contribution is 0.0971. The van der Waals surface area contributed by atoms with E-state index in [1.807, 2.05) is 0 Å². The zero-order chi connectivity index (χ0) is 22.0. The Morgan fingerprint density at radius 3 is 2.66 bits per heavy atom. The molecule has 32 heavy (non-hydrogen) atoms. The molecule has 1 aliphatic rings. The van der Waals surface area contributed by atoms with Crippen LogP contribution in [0.2, 0.25) is 5.02 Å². The number of fused-ring (bicyclic) bond motifs is 3. The van der Waals surface area contributed by atoms with Gasteiger partial charge in [0, 0.05) is 10.6 Å². The lowest BCUT2D eigenvalue weighted by atomic mass is 9.98. The molecule has 0 bridgehead atoms. The van der Waals surface area contributed by atoms with Gasteiger partial charge in [0.25, 0.3) is 5.91 Å². The largest absolute Gasteiger partial charge is 0.450 e. The van der Waals surface area contributed by atoms with Gasteiger partial charge in [0.1, 0.15) is 17.4 Å². The fourth-order valence-corrected chi connectivity index (χ4v) is 5.37. The summed E-state index contributed by atoms with van der Waals surface area (Å²) in [5, 5.41) is 1.20. The molecule has 1 amide bonds.